The maximum atomic E-state index is 13.5. The highest BCUT2D eigenvalue weighted by molar-refractivity contribution is 6.09. The number of rotatable bonds is 7. The van der Waals surface area contributed by atoms with Gasteiger partial charge in [0.2, 0.25) is 0 Å². The second-order valence-corrected chi connectivity index (χ2v) is 8.83. The molecule has 5 heteroatoms. The molecule has 1 N–H and O–H groups in total. The number of aromatic nitrogens is 1. The quantitative estimate of drug-likeness (QED) is 0.303. The number of Topliss-reactive ketones (excluding diaryl/α,β-unsaturated/α-hetero) is 1. The van der Waals surface area contributed by atoms with E-state index in [0.717, 1.165) is 64.7 Å². The van der Waals surface area contributed by atoms with Crippen LogP contribution < -0.4 is 5.32 Å². The maximum Gasteiger partial charge on any atom is 0.166 e. The minimum absolute atomic E-state index is 0.0210. The molecule has 0 amide bonds. The Balaban J connectivity index is 1.37. The molecule has 5 rings (SSSR count). The number of pyridine rings is 1. The number of aryl methyl sites for hydroxylation is 1. The Morgan fingerprint density at radius 1 is 0.853 bits per heavy atom. The SMILES string of the molecule is O=C1CCCc2nc3ccccc3c(NCCCC(c3ccc(F)cc3)c3ccc(F)cc3)c21. The van der Waals surface area contributed by atoms with Crippen LogP contribution in [0.25, 0.3) is 10.9 Å². The molecule has 0 saturated heterocycles. The monoisotopic (exact) mass is 456 g/mol. The first kappa shape index (κ1) is 22.2. The first-order valence-corrected chi connectivity index (χ1v) is 11.8. The predicted octanol–water partition coefficient (Wildman–Crippen LogP) is 7.06. The zero-order chi connectivity index (χ0) is 23.5. The molecule has 0 atom stereocenters. The third-order valence-electron chi connectivity index (χ3n) is 6.58. The van der Waals surface area contributed by atoms with Gasteiger partial charge in [0.25, 0.3) is 0 Å². The standard InChI is InChI=1S/C29H26F2N2O/c30-21-14-10-19(11-15-21)23(20-12-16-22(31)17-13-20)6-4-18-32-29-24-5-1-2-7-25(24)33-26-8-3-9-27(34)28(26)29/h1-2,5,7,10-17,23H,3-4,6,8-9,18H2,(H,32,33). The number of hydrogen-bond donors (Lipinski definition) is 1. The number of hydrogen-bond acceptors (Lipinski definition) is 3. The Morgan fingerprint density at radius 2 is 1.50 bits per heavy atom. The first-order chi connectivity index (χ1) is 16.6. The van der Waals surface area contributed by atoms with Crippen molar-refractivity contribution >= 4 is 22.4 Å². The van der Waals surface area contributed by atoms with Gasteiger partial charge in [-0.2, -0.15) is 0 Å². The Kier molecular flexibility index (Phi) is 6.35. The van der Waals surface area contributed by atoms with E-state index < -0.39 is 0 Å². The lowest BCUT2D eigenvalue weighted by molar-refractivity contribution is 0.0972. The van der Waals surface area contributed by atoms with Crippen molar-refractivity contribution in [3.05, 3.63) is 107 Å². The van der Waals surface area contributed by atoms with Crippen LogP contribution in [0.5, 0.6) is 0 Å². The number of benzene rings is 3. The number of nitrogens with zero attached hydrogens (tertiary/aromatic N) is 1. The summed E-state index contributed by atoms with van der Waals surface area (Å²) >= 11 is 0. The van der Waals surface area contributed by atoms with E-state index in [1.54, 1.807) is 24.3 Å². The molecule has 1 aliphatic rings. The molecule has 0 radical (unpaired) electrons. The Morgan fingerprint density at radius 3 is 2.18 bits per heavy atom. The smallest absolute Gasteiger partial charge is 0.166 e. The lowest BCUT2D eigenvalue weighted by Gasteiger charge is -2.22. The molecule has 0 aliphatic heterocycles. The highest BCUT2D eigenvalue weighted by atomic mass is 19.1. The first-order valence-electron chi connectivity index (χ1n) is 11.8. The summed E-state index contributed by atoms with van der Waals surface area (Å²) in [5.74, 6) is -0.380. The van der Waals surface area contributed by atoms with E-state index in [1.165, 1.54) is 24.3 Å². The largest absolute Gasteiger partial charge is 0.384 e. The number of ketones is 1. The Labute approximate surface area is 197 Å². The molecule has 34 heavy (non-hydrogen) atoms. The van der Waals surface area contributed by atoms with Gasteiger partial charge in [0.15, 0.2) is 5.78 Å². The average molecular weight is 457 g/mol. The van der Waals surface area contributed by atoms with Crippen LogP contribution >= 0.6 is 0 Å². The second-order valence-electron chi connectivity index (χ2n) is 8.83. The van der Waals surface area contributed by atoms with Crippen molar-refractivity contribution in [1.82, 2.24) is 4.98 Å². The number of nitrogens with one attached hydrogen (secondary N) is 1. The molecule has 0 fully saturated rings. The fraction of sp³-hybridized carbons (Fsp3) is 0.241. The summed E-state index contributed by atoms with van der Waals surface area (Å²) in [6.07, 6.45) is 3.83. The van der Waals surface area contributed by atoms with Crippen LogP contribution in [0.2, 0.25) is 0 Å². The average Bonchev–Trinajstić information content (AvgIpc) is 2.85. The fourth-order valence-corrected chi connectivity index (χ4v) is 4.90. The van der Waals surface area contributed by atoms with Crippen molar-refractivity contribution < 1.29 is 13.6 Å². The van der Waals surface area contributed by atoms with Gasteiger partial charge < -0.3 is 5.32 Å². The van der Waals surface area contributed by atoms with E-state index >= 15 is 0 Å². The lowest BCUT2D eigenvalue weighted by atomic mass is 9.87. The molecule has 0 spiro atoms. The summed E-state index contributed by atoms with van der Waals surface area (Å²) in [5, 5.41) is 4.50. The van der Waals surface area contributed by atoms with Gasteiger partial charge >= 0.3 is 0 Å². The summed E-state index contributed by atoms with van der Waals surface area (Å²) in [6, 6.07) is 21.0. The minimum Gasteiger partial charge on any atom is -0.384 e. The van der Waals surface area contributed by atoms with Gasteiger partial charge in [-0.25, -0.2) is 8.78 Å². The third-order valence-corrected chi connectivity index (χ3v) is 6.58. The molecule has 172 valence electrons. The van der Waals surface area contributed by atoms with Crippen LogP contribution in [-0.4, -0.2) is 17.3 Å². The van der Waals surface area contributed by atoms with Crippen molar-refractivity contribution in [3.63, 3.8) is 0 Å². The molecule has 1 heterocycles. The highest BCUT2D eigenvalue weighted by Crippen LogP contribution is 2.34. The van der Waals surface area contributed by atoms with Crippen LogP contribution in [0.15, 0.2) is 72.8 Å². The van der Waals surface area contributed by atoms with Crippen molar-refractivity contribution in [3.8, 4) is 0 Å². The molecular formula is C29H26F2N2O. The molecular weight excluding hydrogens is 430 g/mol. The Hall–Kier alpha value is -3.60. The molecule has 0 bridgehead atoms. The Bertz CT molecular complexity index is 1270. The zero-order valence-corrected chi connectivity index (χ0v) is 18.9. The molecule has 1 aromatic heterocycles. The maximum absolute atomic E-state index is 13.5. The lowest BCUT2D eigenvalue weighted by Crippen LogP contribution is -2.17. The van der Waals surface area contributed by atoms with Gasteiger partial charge in [-0.1, -0.05) is 42.5 Å². The van der Waals surface area contributed by atoms with Gasteiger partial charge in [-0.15, -0.1) is 0 Å². The van der Waals surface area contributed by atoms with E-state index in [2.05, 4.69) is 5.32 Å². The van der Waals surface area contributed by atoms with E-state index in [1.807, 2.05) is 24.3 Å². The van der Waals surface area contributed by atoms with Gasteiger partial charge in [-0.05, 0) is 67.1 Å². The summed E-state index contributed by atoms with van der Waals surface area (Å²) in [6.45, 7) is 0.673. The topological polar surface area (TPSA) is 42.0 Å². The van der Waals surface area contributed by atoms with Gasteiger partial charge in [0.1, 0.15) is 11.6 Å². The minimum atomic E-state index is -0.276. The number of para-hydroxylation sites is 1. The van der Waals surface area contributed by atoms with Crippen LogP contribution in [0.3, 0.4) is 0 Å². The normalized spacial score (nSPS) is 13.3. The van der Waals surface area contributed by atoms with Crippen LogP contribution in [0.4, 0.5) is 14.5 Å². The second kappa shape index (κ2) is 9.72. The van der Waals surface area contributed by atoms with E-state index in [4.69, 9.17) is 4.98 Å². The van der Waals surface area contributed by atoms with Gasteiger partial charge in [0.05, 0.1) is 22.5 Å². The van der Waals surface area contributed by atoms with E-state index in [9.17, 15) is 13.6 Å². The number of carbonyl (C=O) groups is 1. The van der Waals surface area contributed by atoms with Crippen molar-refractivity contribution in [2.24, 2.45) is 0 Å². The van der Waals surface area contributed by atoms with Gasteiger partial charge in [-0.3, -0.25) is 9.78 Å². The predicted molar refractivity (Wildman–Crippen MR) is 131 cm³/mol. The van der Waals surface area contributed by atoms with Gasteiger partial charge in [0, 0.05) is 24.3 Å². The van der Waals surface area contributed by atoms with Crippen LogP contribution in [-0.2, 0) is 6.42 Å². The van der Waals surface area contributed by atoms with Crippen molar-refractivity contribution in [2.45, 2.75) is 38.0 Å². The van der Waals surface area contributed by atoms with Crippen LogP contribution in [0, 0.1) is 11.6 Å². The molecule has 3 aromatic carbocycles. The molecule has 0 unspecified atom stereocenters. The van der Waals surface area contributed by atoms with Crippen LogP contribution in [0.1, 0.15) is 58.8 Å². The number of anilines is 1. The summed E-state index contributed by atoms with van der Waals surface area (Å²) in [4.78, 5) is 17.5. The number of carbonyl (C=O) groups excluding carboxylic acids is 1. The number of halogens is 2. The molecule has 4 aromatic rings. The van der Waals surface area contributed by atoms with Crippen molar-refractivity contribution in [1.29, 1.82) is 0 Å². The summed E-state index contributed by atoms with van der Waals surface area (Å²) < 4.78 is 27.0. The molecule has 0 saturated carbocycles. The molecule has 1 aliphatic carbocycles. The third kappa shape index (κ3) is 4.56. The zero-order valence-electron chi connectivity index (χ0n) is 18.9. The highest BCUT2D eigenvalue weighted by Gasteiger charge is 2.24. The fourth-order valence-electron chi connectivity index (χ4n) is 4.90. The summed E-state index contributed by atoms with van der Waals surface area (Å²) in [7, 11) is 0. The van der Waals surface area contributed by atoms with E-state index in [-0.39, 0.29) is 23.3 Å². The molecule has 3 nitrogen and oxygen atoms in total. The van der Waals surface area contributed by atoms with E-state index in [0.29, 0.717) is 13.0 Å². The van der Waals surface area contributed by atoms with Crippen molar-refractivity contribution in [2.75, 3.05) is 11.9 Å². The number of fused-ring (bicyclic) bond motifs is 2. The summed E-state index contributed by atoms with van der Waals surface area (Å²) in [5.41, 5.74) is 5.38.